The van der Waals surface area contributed by atoms with Gasteiger partial charge in [0.2, 0.25) is 0 Å². The molecule has 7 heteroatoms. The third-order valence-corrected chi connectivity index (χ3v) is 3.91. The van der Waals surface area contributed by atoms with Gasteiger partial charge in [0, 0.05) is 24.2 Å². The summed E-state index contributed by atoms with van der Waals surface area (Å²) in [6.07, 6.45) is -3.83. The van der Waals surface area contributed by atoms with Crippen molar-refractivity contribution in [1.29, 1.82) is 0 Å². The van der Waals surface area contributed by atoms with Crippen molar-refractivity contribution in [2.75, 3.05) is 5.73 Å². The fourth-order valence-electron chi connectivity index (χ4n) is 2.67. The summed E-state index contributed by atoms with van der Waals surface area (Å²) >= 11 is 0. The van der Waals surface area contributed by atoms with Gasteiger partial charge in [-0.15, -0.1) is 10.2 Å². The number of rotatable bonds is 1. The minimum Gasteiger partial charge on any atom is -0.399 e. The molecule has 0 radical (unpaired) electrons. The average Bonchev–Trinajstić information content (AvgIpc) is 2.83. The third kappa shape index (κ3) is 2.48. The minimum absolute atomic E-state index is 0.0670. The van der Waals surface area contributed by atoms with Crippen molar-refractivity contribution < 1.29 is 13.2 Å². The largest absolute Gasteiger partial charge is 0.399 e. The van der Waals surface area contributed by atoms with Crippen molar-refractivity contribution in [1.82, 2.24) is 14.8 Å². The Bertz CT molecular complexity index is 675. The van der Waals surface area contributed by atoms with Crippen LogP contribution in [0.4, 0.5) is 18.9 Å². The lowest BCUT2D eigenvalue weighted by Gasteiger charge is -2.26. The van der Waals surface area contributed by atoms with Crippen molar-refractivity contribution in [2.24, 2.45) is 5.92 Å². The van der Waals surface area contributed by atoms with E-state index in [0.29, 0.717) is 23.8 Å². The molecule has 2 N–H and O–H groups in total. The number of fused-ring (bicyclic) bond motifs is 1. The van der Waals surface area contributed by atoms with E-state index in [1.807, 2.05) is 13.0 Å². The number of nitrogen functional groups attached to an aromatic ring is 1. The molecule has 1 aromatic heterocycles. The Labute approximate surface area is 119 Å². The number of alkyl halides is 3. The second-order valence-electron chi connectivity index (χ2n) is 5.40. The van der Waals surface area contributed by atoms with E-state index in [0.717, 1.165) is 11.1 Å². The van der Waals surface area contributed by atoms with Gasteiger partial charge >= 0.3 is 6.18 Å². The first-order valence-electron chi connectivity index (χ1n) is 6.71. The van der Waals surface area contributed by atoms with Crippen molar-refractivity contribution >= 4 is 5.69 Å². The Hall–Kier alpha value is -2.05. The lowest BCUT2D eigenvalue weighted by Crippen LogP contribution is -2.32. The molecule has 3 rings (SSSR count). The van der Waals surface area contributed by atoms with Crippen LogP contribution in [0.3, 0.4) is 0 Å². The molecule has 0 aliphatic carbocycles. The normalized spacial score (nSPS) is 18.6. The summed E-state index contributed by atoms with van der Waals surface area (Å²) in [4.78, 5) is 0. The molecular formula is C14H15F3N4. The van der Waals surface area contributed by atoms with Gasteiger partial charge in [0.25, 0.3) is 0 Å². The molecule has 0 saturated heterocycles. The summed E-state index contributed by atoms with van der Waals surface area (Å²) in [6, 6.07) is 5.31. The molecule has 21 heavy (non-hydrogen) atoms. The molecule has 2 heterocycles. The van der Waals surface area contributed by atoms with Crippen molar-refractivity contribution in [2.45, 2.75) is 32.5 Å². The second-order valence-corrected chi connectivity index (χ2v) is 5.40. The van der Waals surface area contributed by atoms with Crippen LogP contribution in [-0.2, 0) is 13.0 Å². The first-order chi connectivity index (χ1) is 9.86. The van der Waals surface area contributed by atoms with Crippen LogP contribution in [0.15, 0.2) is 18.2 Å². The molecule has 0 fully saturated rings. The van der Waals surface area contributed by atoms with E-state index in [1.54, 1.807) is 16.7 Å². The fourth-order valence-corrected chi connectivity index (χ4v) is 2.67. The average molecular weight is 296 g/mol. The number of benzene rings is 1. The maximum Gasteiger partial charge on any atom is 0.393 e. The number of aromatic nitrogens is 3. The monoisotopic (exact) mass is 296 g/mol. The molecule has 2 aromatic rings. The Morgan fingerprint density at radius 3 is 2.76 bits per heavy atom. The van der Waals surface area contributed by atoms with E-state index in [9.17, 15) is 13.2 Å². The van der Waals surface area contributed by atoms with Crippen LogP contribution in [0.25, 0.3) is 11.4 Å². The number of aryl methyl sites for hydroxylation is 2. The van der Waals surface area contributed by atoms with Crippen molar-refractivity contribution in [3.8, 4) is 11.4 Å². The number of nitrogens with two attached hydrogens (primary N) is 1. The summed E-state index contributed by atoms with van der Waals surface area (Å²) in [6.45, 7) is 1.75. The lowest BCUT2D eigenvalue weighted by atomic mass is 9.98. The van der Waals surface area contributed by atoms with Gasteiger partial charge in [0.05, 0.1) is 5.92 Å². The number of hydrogen-bond donors (Lipinski definition) is 1. The van der Waals surface area contributed by atoms with Crippen LogP contribution >= 0.6 is 0 Å². The van der Waals surface area contributed by atoms with E-state index < -0.39 is 12.1 Å². The molecule has 0 bridgehead atoms. The van der Waals surface area contributed by atoms with E-state index in [1.165, 1.54) is 0 Å². The van der Waals surface area contributed by atoms with Crippen LogP contribution < -0.4 is 5.73 Å². The van der Waals surface area contributed by atoms with E-state index in [-0.39, 0.29) is 13.0 Å². The molecule has 4 nitrogen and oxygen atoms in total. The topological polar surface area (TPSA) is 56.7 Å². The number of hydrogen-bond acceptors (Lipinski definition) is 3. The van der Waals surface area contributed by atoms with Crippen LogP contribution in [0, 0.1) is 12.8 Å². The summed E-state index contributed by atoms with van der Waals surface area (Å²) in [5.41, 5.74) is 7.96. The van der Waals surface area contributed by atoms with Gasteiger partial charge in [0.15, 0.2) is 5.82 Å². The first-order valence-corrected chi connectivity index (χ1v) is 6.71. The maximum absolute atomic E-state index is 12.9. The SMILES string of the molecule is Cc1ccc(N)cc1-c1nnc2n1CC(C(F)(F)F)CC2. The Kier molecular flexibility index (Phi) is 3.15. The Morgan fingerprint density at radius 2 is 2.05 bits per heavy atom. The standard InChI is InChI=1S/C14H15F3N4/c1-8-2-4-10(18)6-11(8)13-20-19-12-5-3-9(7-21(12)13)14(15,16)17/h2,4,6,9H,3,5,7,18H2,1H3. The summed E-state index contributed by atoms with van der Waals surface area (Å²) in [7, 11) is 0. The summed E-state index contributed by atoms with van der Waals surface area (Å²) in [5, 5.41) is 8.10. The smallest absolute Gasteiger partial charge is 0.393 e. The molecule has 1 aliphatic heterocycles. The van der Waals surface area contributed by atoms with Crippen LogP contribution in [-0.4, -0.2) is 20.9 Å². The molecule has 0 saturated carbocycles. The molecule has 112 valence electrons. The molecule has 1 aromatic carbocycles. The predicted molar refractivity (Wildman–Crippen MR) is 72.5 cm³/mol. The zero-order valence-corrected chi connectivity index (χ0v) is 11.5. The number of halogens is 3. The third-order valence-electron chi connectivity index (χ3n) is 3.91. The molecule has 1 atom stereocenters. The van der Waals surface area contributed by atoms with Gasteiger partial charge in [-0.2, -0.15) is 13.2 Å². The zero-order valence-electron chi connectivity index (χ0n) is 11.5. The summed E-state index contributed by atoms with van der Waals surface area (Å²) in [5.74, 6) is -0.280. The zero-order chi connectivity index (χ0) is 15.2. The molecular weight excluding hydrogens is 281 g/mol. The van der Waals surface area contributed by atoms with Crippen LogP contribution in [0.1, 0.15) is 17.8 Å². The van der Waals surface area contributed by atoms with Gasteiger partial charge < -0.3 is 10.3 Å². The number of anilines is 1. The molecule has 1 aliphatic rings. The Morgan fingerprint density at radius 1 is 1.29 bits per heavy atom. The van der Waals surface area contributed by atoms with Gasteiger partial charge in [0.1, 0.15) is 5.82 Å². The van der Waals surface area contributed by atoms with Crippen LogP contribution in [0.2, 0.25) is 0 Å². The quantitative estimate of drug-likeness (QED) is 0.823. The highest BCUT2D eigenvalue weighted by Crippen LogP contribution is 2.36. The predicted octanol–water partition coefficient (Wildman–Crippen LogP) is 2.96. The van der Waals surface area contributed by atoms with Gasteiger partial charge in [-0.25, -0.2) is 0 Å². The van der Waals surface area contributed by atoms with Gasteiger partial charge in [-0.1, -0.05) is 6.07 Å². The molecule has 0 spiro atoms. The molecule has 1 unspecified atom stereocenters. The van der Waals surface area contributed by atoms with Crippen molar-refractivity contribution in [3.05, 3.63) is 29.6 Å². The van der Waals surface area contributed by atoms with E-state index in [4.69, 9.17) is 5.73 Å². The fraction of sp³-hybridized carbons (Fsp3) is 0.429. The number of nitrogens with zero attached hydrogens (tertiary/aromatic N) is 3. The van der Waals surface area contributed by atoms with E-state index >= 15 is 0 Å². The van der Waals surface area contributed by atoms with E-state index in [2.05, 4.69) is 10.2 Å². The van der Waals surface area contributed by atoms with Gasteiger partial charge in [-0.05, 0) is 31.0 Å². The highest BCUT2D eigenvalue weighted by Gasteiger charge is 2.42. The highest BCUT2D eigenvalue weighted by atomic mass is 19.4. The minimum atomic E-state index is -4.19. The second kappa shape index (κ2) is 4.75. The molecule has 0 amide bonds. The summed E-state index contributed by atoms with van der Waals surface area (Å²) < 4.78 is 40.4. The first kappa shape index (κ1) is 13.9. The maximum atomic E-state index is 12.9. The van der Waals surface area contributed by atoms with Crippen LogP contribution in [0.5, 0.6) is 0 Å². The van der Waals surface area contributed by atoms with Crippen molar-refractivity contribution in [3.63, 3.8) is 0 Å². The lowest BCUT2D eigenvalue weighted by molar-refractivity contribution is -0.182. The Balaban J connectivity index is 2.04. The highest BCUT2D eigenvalue weighted by molar-refractivity contribution is 5.65. The van der Waals surface area contributed by atoms with Gasteiger partial charge in [-0.3, -0.25) is 0 Å².